The number of rotatable bonds is 7. The van der Waals surface area contributed by atoms with Crippen LogP contribution in [-0.2, 0) is 26.2 Å². The number of benzene rings is 3. The van der Waals surface area contributed by atoms with Crippen LogP contribution in [0.1, 0.15) is 78.5 Å². The van der Waals surface area contributed by atoms with Crippen LogP contribution < -0.4 is 52.0 Å². The van der Waals surface area contributed by atoms with E-state index in [1.165, 1.54) is 17.8 Å². The van der Waals surface area contributed by atoms with Gasteiger partial charge in [0.2, 0.25) is 0 Å². The summed E-state index contributed by atoms with van der Waals surface area (Å²) < 4.78 is 41.4. The van der Waals surface area contributed by atoms with Gasteiger partial charge in [0, 0.05) is 58.9 Å². The van der Waals surface area contributed by atoms with Gasteiger partial charge in [0.15, 0.2) is 17.5 Å². The Labute approximate surface area is 499 Å². The predicted molar refractivity (Wildman–Crippen MR) is 306 cm³/mol. The molecule has 0 saturated carbocycles. The molecule has 23 nitrogen and oxygen atoms in total. The molecule has 1 saturated heterocycles. The molecule has 1 fully saturated rings. The van der Waals surface area contributed by atoms with E-state index in [1.54, 1.807) is 82.4 Å². The van der Waals surface area contributed by atoms with E-state index < -0.39 is 23.3 Å². The number of nitrogens with zero attached hydrogens (tertiary/aromatic N) is 12. The topological polar surface area (TPSA) is 351 Å². The number of azide groups is 1. The summed E-state index contributed by atoms with van der Waals surface area (Å²) in [4.78, 5) is 57.4. The first-order valence-corrected chi connectivity index (χ1v) is 24.9. The number of hydrogen-bond acceptors (Lipinski definition) is 11. The third-order valence-electron chi connectivity index (χ3n) is 11.2. The maximum atomic E-state index is 12.0. The third kappa shape index (κ3) is 20.7. The molecule has 0 unspecified atom stereocenters. The van der Waals surface area contributed by atoms with Crippen LogP contribution in [0.3, 0.4) is 0 Å². The Kier molecular flexibility index (Phi) is 27.5. The van der Waals surface area contributed by atoms with E-state index >= 15 is 0 Å². The summed E-state index contributed by atoms with van der Waals surface area (Å²) in [6.45, 7) is 13.0. The molecule has 9 aromatic rings. The van der Waals surface area contributed by atoms with Gasteiger partial charge in [-0.05, 0) is 99.2 Å². The van der Waals surface area contributed by atoms with Crippen molar-refractivity contribution in [3.05, 3.63) is 202 Å². The number of aliphatic carboxylic acids is 1. The van der Waals surface area contributed by atoms with Gasteiger partial charge in [0.05, 0.1) is 16.5 Å². The number of aromatic nitrogens is 9. The summed E-state index contributed by atoms with van der Waals surface area (Å²) in [6.07, 6.45) is 2.69. The van der Waals surface area contributed by atoms with E-state index in [2.05, 4.69) is 40.3 Å². The largest absolute Gasteiger partial charge is 1.00 e. The van der Waals surface area contributed by atoms with Crippen LogP contribution in [0.4, 0.5) is 13.2 Å². The van der Waals surface area contributed by atoms with Crippen molar-refractivity contribution in [3.63, 3.8) is 0 Å². The molecule has 0 atom stereocenters. The summed E-state index contributed by atoms with van der Waals surface area (Å²) in [5, 5.41) is 34.1. The molecule has 0 aliphatic carbocycles. The maximum absolute atomic E-state index is 12.0. The Morgan fingerprint density at radius 3 is 1.18 bits per heavy atom. The molecular weight excluding hydrogens is 1120 g/mol. The van der Waals surface area contributed by atoms with Crippen molar-refractivity contribution in [1.29, 1.82) is 0 Å². The van der Waals surface area contributed by atoms with E-state index in [0.29, 0.717) is 34.0 Å². The summed E-state index contributed by atoms with van der Waals surface area (Å²) in [6, 6.07) is 33.0. The van der Waals surface area contributed by atoms with E-state index in [0.717, 1.165) is 46.6 Å². The fourth-order valence-corrected chi connectivity index (χ4v) is 7.03. The Bertz CT molecular complexity index is 3570. The average Bonchev–Trinajstić information content (AvgIpc) is 4.35. The van der Waals surface area contributed by atoms with Crippen molar-refractivity contribution in [2.75, 3.05) is 18.6 Å². The number of fused-ring (bicyclic) bond motifs is 3. The summed E-state index contributed by atoms with van der Waals surface area (Å²) in [5.41, 5.74) is 32.5. The van der Waals surface area contributed by atoms with Gasteiger partial charge >= 0.3 is 41.7 Å². The van der Waals surface area contributed by atoms with Crippen molar-refractivity contribution in [3.8, 4) is 34.2 Å². The number of aliphatic hydroxyl groups is 1. The number of carbonyl (C=O) groups is 1. The molecule has 6 aromatic heterocycles. The molecule has 430 valence electrons. The molecule has 82 heavy (non-hydrogen) atoms. The number of carboxylic acid groups (broad SMARTS) is 1. The van der Waals surface area contributed by atoms with Crippen LogP contribution in [0, 0.1) is 0 Å². The fraction of sp³-hybridized carbons (Fsp3) is 0.302. The van der Waals surface area contributed by atoms with Crippen LogP contribution in [0.2, 0.25) is 0 Å². The van der Waals surface area contributed by atoms with Gasteiger partial charge < -0.3 is 46.7 Å². The van der Waals surface area contributed by atoms with E-state index in [-0.39, 0.29) is 64.5 Å². The van der Waals surface area contributed by atoms with E-state index in [1.807, 2.05) is 100 Å². The quantitative estimate of drug-likeness (QED) is 0.0289. The Balaban J connectivity index is 0.000000361. The van der Waals surface area contributed by atoms with Gasteiger partial charge in [-0.2, -0.15) is 13.2 Å². The van der Waals surface area contributed by atoms with Crippen molar-refractivity contribution in [2.45, 2.75) is 84.7 Å². The SMILES string of the molecule is C.C1CCOC1.CC(C)(N)c1ccc(-c2nn3cccc3c(=O)[nH]2)cc1.CC(C)(N=[N+]=[N-])c1ccc(-c2nn3cccc3c(=O)[nH]2)cc1.CC(C)(O)c1ccc(-c2nn3cccc3c(=O)[nH]2)cc1.ClCCl.O=C(O)C(F)(F)F.[N-]=[N+]=[N-].[Na+]. The number of halogens is 5. The Morgan fingerprint density at radius 2 is 0.939 bits per heavy atom. The minimum Gasteiger partial charge on any atom is -0.475 e. The molecular formula is C53H60Cl2F3N16NaO7. The number of hydrogen-bond donors (Lipinski definition) is 6. The summed E-state index contributed by atoms with van der Waals surface area (Å²) in [5.74, 6) is -1.23. The van der Waals surface area contributed by atoms with Crippen LogP contribution >= 0.6 is 23.2 Å². The fourth-order valence-electron chi connectivity index (χ4n) is 7.03. The van der Waals surface area contributed by atoms with Crippen LogP contribution in [-0.4, -0.2) is 84.7 Å². The number of ether oxygens (including phenoxy) is 1. The molecule has 0 radical (unpaired) electrons. The number of nitrogens with one attached hydrogen (secondary N) is 3. The molecule has 0 spiro atoms. The van der Waals surface area contributed by atoms with Crippen molar-refractivity contribution in [2.24, 2.45) is 10.8 Å². The first kappa shape index (κ1) is 70.4. The second-order valence-corrected chi connectivity index (χ2v) is 19.3. The average molecular weight is 1180 g/mol. The van der Waals surface area contributed by atoms with Crippen molar-refractivity contribution < 1.29 is 62.5 Å². The first-order chi connectivity index (χ1) is 37.7. The van der Waals surface area contributed by atoms with Crippen LogP contribution in [0.5, 0.6) is 0 Å². The molecule has 7 heterocycles. The molecule has 1 aliphatic heterocycles. The monoisotopic (exact) mass is 1180 g/mol. The molecule has 10 rings (SSSR count). The van der Waals surface area contributed by atoms with Crippen molar-refractivity contribution >= 4 is 45.7 Å². The number of nitrogens with two attached hydrogens (primary N) is 1. The number of aromatic amines is 3. The number of alkyl halides is 5. The number of H-pyrrole nitrogens is 3. The van der Waals surface area contributed by atoms with Gasteiger partial charge in [-0.15, -0.1) is 38.5 Å². The Morgan fingerprint density at radius 1 is 0.646 bits per heavy atom. The molecule has 1 aliphatic rings. The molecule has 3 aromatic carbocycles. The second kappa shape index (κ2) is 32.0. The van der Waals surface area contributed by atoms with Gasteiger partial charge in [0.1, 0.15) is 16.6 Å². The summed E-state index contributed by atoms with van der Waals surface area (Å²) in [7, 11) is 0. The normalized spacial score (nSPS) is 11.6. The zero-order chi connectivity index (χ0) is 59.4. The summed E-state index contributed by atoms with van der Waals surface area (Å²) >= 11 is 9.53. The van der Waals surface area contributed by atoms with E-state index in [4.69, 9.17) is 60.2 Å². The Hall–Kier alpha value is -7.74. The van der Waals surface area contributed by atoms with Gasteiger partial charge in [0.25, 0.3) is 16.7 Å². The minimum absolute atomic E-state index is 0. The number of carboxylic acids is 1. The molecule has 29 heteroatoms. The van der Waals surface area contributed by atoms with Gasteiger partial charge in [-0.3, -0.25) is 19.3 Å². The van der Waals surface area contributed by atoms with Crippen molar-refractivity contribution in [1.82, 2.24) is 43.8 Å². The molecule has 7 N–H and O–H groups in total. The maximum Gasteiger partial charge on any atom is 1.00 e. The molecule has 0 bridgehead atoms. The standard InChI is InChI=1S/C15H14N6O.C15H16N4O.C15H15N3O2.C4H8O.C2HF3O2.CH2Cl2.CH4.N3.Na/c1-15(2,19-20-16)11-7-5-10(6-8-11)13-17-14(22)12-4-3-9-21(12)18-13;1-15(2,16)11-7-5-10(6-8-11)13-17-14(20)12-4-3-9-19(12)18-13;1-15(2,20)11-7-5-10(6-8-11)13-16-14(19)12-4-3-9-18(12)17-13;1-2-4-5-3-1;3-2(4,5)1(6)7;2-1-3;;1-3-2;/h3-9H,1-2H3,(H,17,18,22);3-9H,16H2,1-2H3,(H,17,18,20);3-9,20H,1-2H3,(H,16,17,19);1-4H2;(H,6,7);1H2;1H4;;/q;;;;;;;-1;+1. The van der Waals surface area contributed by atoms with E-state index in [9.17, 15) is 32.7 Å². The smallest absolute Gasteiger partial charge is 0.475 e. The van der Waals surface area contributed by atoms with Gasteiger partial charge in [-0.25, -0.2) is 18.3 Å². The van der Waals surface area contributed by atoms with Gasteiger partial charge in [-0.1, -0.05) is 99.2 Å². The molecule has 0 amide bonds. The zero-order valence-corrected chi connectivity index (χ0v) is 48.4. The first-order valence-electron chi connectivity index (χ1n) is 23.8. The van der Waals surface area contributed by atoms with Crippen LogP contribution in [0.15, 0.2) is 147 Å². The second-order valence-electron chi connectivity index (χ2n) is 18.5. The third-order valence-corrected chi connectivity index (χ3v) is 11.2. The van der Waals surface area contributed by atoms with Crippen LogP contribution in [0.25, 0.3) is 77.1 Å². The minimum atomic E-state index is -5.08. The zero-order valence-electron chi connectivity index (χ0n) is 44.9. The predicted octanol–water partition coefficient (Wildman–Crippen LogP) is 8.39.